The summed E-state index contributed by atoms with van der Waals surface area (Å²) in [7, 11) is 0. The number of hydrogen-bond acceptors (Lipinski definition) is 4. The molecule has 162 valence electrons. The van der Waals surface area contributed by atoms with Gasteiger partial charge in [0.15, 0.2) is 0 Å². The van der Waals surface area contributed by atoms with Gasteiger partial charge in [-0.25, -0.2) is 0 Å². The Balaban J connectivity index is 0.000000265. The summed E-state index contributed by atoms with van der Waals surface area (Å²) < 4.78 is 0. The van der Waals surface area contributed by atoms with E-state index in [0.717, 1.165) is 11.8 Å². The van der Waals surface area contributed by atoms with Gasteiger partial charge in [-0.3, -0.25) is 0 Å². The smallest absolute Gasteiger partial charge is 0.0107 e. The highest BCUT2D eigenvalue weighted by molar-refractivity contribution is 4.79. The summed E-state index contributed by atoms with van der Waals surface area (Å²) in [5.74, 6) is 1.99. The molecule has 0 aromatic carbocycles. The molecule has 0 radical (unpaired) electrons. The molecule has 3 fully saturated rings. The molecule has 27 heavy (non-hydrogen) atoms. The number of piperazine rings is 1. The van der Waals surface area contributed by atoms with Crippen LogP contribution in [0.4, 0.5) is 0 Å². The quantitative estimate of drug-likeness (QED) is 0.701. The molecule has 0 bridgehead atoms. The van der Waals surface area contributed by atoms with Crippen LogP contribution in [-0.2, 0) is 0 Å². The van der Waals surface area contributed by atoms with Crippen LogP contribution in [0.2, 0.25) is 0 Å². The molecule has 0 saturated carbocycles. The highest BCUT2D eigenvalue weighted by Gasteiger charge is 2.24. The van der Waals surface area contributed by atoms with Crippen LogP contribution in [0.15, 0.2) is 0 Å². The molecule has 3 aliphatic heterocycles. The number of unbranched alkanes of at least 4 members (excludes halogenated alkanes) is 1. The molecule has 0 amide bonds. The Morgan fingerprint density at radius 1 is 0.741 bits per heavy atom. The van der Waals surface area contributed by atoms with E-state index in [2.05, 4.69) is 34.3 Å². The summed E-state index contributed by atoms with van der Waals surface area (Å²) in [6, 6.07) is 0. The Labute approximate surface area is 170 Å². The number of rotatable bonds is 7. The van der Waals surface area contributed by atoms with E-state index >= 15 is 0 Å². The zero-order chi connectivity index (χ0) is 19.7. The summed E-state index contributed by atoms with van der Waals surface area (Å²) >= 11 is 0. The van der Waals surface area contributed by atoms with E-state index in [9.17, 15) is 0 Å². The summed E-state index contributed by atoms with van der Waals surface area (Å²) in [6.07, 6.45) is 9.75. The van der Waals surface area contributed by atoms with Gasteiger partial charge in [0.05, 0.1) is 0 Å². The molecular weight excluding hydrogens is 332 g/mol. The van der Waals surface area contributed by atoms with Gasteiger partial charge in [-0.15, -0.1) is 0 Å². The highest BCUT2D eigenvalue weighted by Crippen LogP contribution is 2.23. The number of nitrogens with zero attached hydrogens (tertiary/aromatic N) is 2. The molecule has 1 unspecified atom stereocenters. The van der Waals surface area contributed by atoms with E-state index in [1.807, 2.05) is 13.8 Å². The van der Waals surface area contributed by atoms with Crippen LogP contribution in [0.1, 0.15) is 72.6 Å². The van der Waals surface area contributed by atoms with E-state index in [1.54, 1.807) is 0 Å². The van der Waals surface area contributed by atoms with Crippen molar-refractivity contribution in [1.29, 1.82) is 0 Å². The first-order chi connectivity index (χ1) is 13.3. The van der Waals surface area contributed by atoms with Crippen LogP contribution >= 0.6 is 0 Å². The number of piperidine rings is 1. The lowest BCUT2D eigenvalue weighted by Gasteiger charge is -2.27. The summed E-state index contributed by atoms with van der Waals surface area (Å²) in [4.78, 5) is 5.26. The van der Waals surface area contributed by atoms with Crippen molar-refractivity contribution >= 4 is 0 Å². The minimum Gasteiger partial charge on any atom is -0.317 e. The second-order valence-corrected chi connectivity index (χ2v) is 8.34. The predicted molar refractivity (Wildman–Crippen MR) is 121 cm³/mol. The molecule has 3 heterocycles. The lowest BCUT2D eigenvalue weighted by Crippen LogP contribution is -2.43. The monoisotopic (exact) mass is 382 g/mol. The SMILES string of the molecule is CC.CCCC1CCN(CC2CCNCC2)C1.CCCCN1CCNCC1. The average molecular weight is 383 g/mol. The third-order valence-corrected chi connectivity index (χ3v) is 6.08. The number of likely N-dealkylation sites (tertiary alicyclic amines) is 1. The Morgan fingerprint density at radius 2 is 1.41 bits per heavy atom. The molecular formula is C23H50N4. The van der Waals surface area contributed by atoms with Gasteiger partial charge in [-0.05, 0) is 70.1 Å². The van der Waals surface area contributed by atoms with Crippen molar-refractivity contribution in [2.45, 2.75) is 72.6 Å². The fourth-order valence-electron chi connectivity index (χ4n) is 4.47. The maximum atomic E-state index is 3.45. The van der Waals surface area contributed by atoms with Crippen LogP contribution in [0.25, 0.3) is 0 Å². The van der Waals surface area contributed by atoms with Crippen molar-refractivity contribution in [2.24, 2.45) is 11.8 Å². The largest absolute Gasteiger partial charge is 0.317 e. The van der Waals surface area contributed by atoms with Crippen LogP contribution in [0.3, 0.4) is 0 Å². The third kappa shape index (κ3) is 11.4. The van der Waals surface area contributed by atoms with E-state index in [4.69, 9.17) is 0 Å². The second-order valence-electron chi connectivity index (χ2n) is 8.34. The van der Waals surface area contributed by atoms with Gasteiger partial charge in [0.25, 0.3) is 0 Å². The first-order valence-corrected chi connectivity index (χ1v) is 12.2. The van der Waals surface area contributed by atoms with Gasteiger partial charge in [0, 0.05) is 39.3 Å². The lowest BCUT2D eigenvalue weighted by atomic mass is 9.97. The Bertz CT molecular complexity index is 312. The van der Waals surface area contributed by atoms with Crippen LogP contribution < -0.4 is 10.6 Å². The minimum atomic E-state index is 0.978. The van der Waals surface area contributed by atoms with Crippen molar-refractivity contribution < 1.29 is 0 Å². The van der Waals surface area contributed by atoms with Gasteiger partial charge < -0.3 is 20.4 Å². The zero-order valence-corrected chi connectivity index (χ0v) is 19.1. The fourth-order valence-corrected chi connectivity index (χ4v) is 4.47. The lowest BCUT2D eigenvalue weighted by molar-refractivity contribution is 0.233. The molecule has 0 aromatic heterocycles. The van der Waals surface area contributed by atoms with Crippen molar-refractivity contribution in [2.75, 3.05) is 65.4 Å². The molecule has 0 spiro atoms. The Hall–Kier alpha value is -0.160. The third-order valence-electron chi connectivity index (χ3n) is 6.08. The van der Waals surface area contributed by atoms with Crippen LogP contribution in [0.5, 0.6) is 0 Å². The van der Waals surface area contributed by atoms with Crippen LogP contribution in [-0.4, -0.2) is 75.2 Å². The van der Waals surface area contributed by atoms with Crippen molar-refractivity contribution in [3.8, 4) is 0 Å². The molecule has 3 aliphatic rings. The Kier molecular flexibility index (Phi) is 15.4. The molecule has 4 heteroatoms. The van der Waals surface area contributed by atoms with Gasteiger partial charge in [-0.2, -0.15) is 0 Å². The van der Waals surface area contributed by atoms with E-state index in [0.29, 0.717) is 0 Å². The standard InChI is InChI=1S/C13H26N2.C8H18N2.C2H6/c1-2-3-12-6-9-15(10-12)11-13-4-7-14-8-5-13;1-2-3-6-10-7-4-9-5-8-10;1-2/h12-14H,2-11H2,1H3;9H,2-8H2,1H3;1-2H3. The summed E-state index contributed by atoms with van der Waals surface area (Å²) in [5, 5.41) is 6.80. The summed E-state index contributed by atoms with van der Waals surface area (Å²) in [5.41, 5.74) is 0. The normalized spacial score (nSPS) is 24.7. The average Bonchev–Trinajstić information content (AvgIpc) is 3.17. The van der Waals surface area contributed by atoms with E-state index in [1.165, 1.54) is 110 Å². The van der Waals surface area contributed by atoms with Gasteiger partial charge >= 0.3 is 0 Å². The molecule has 2 N–H and O–H groups in total. The topological polar surface area (TPSA) is 30.5 Å². The maximum Gasteiger partial charge on any atom is 0.0107 e. The number of hydrogen-bond donors (Lipinski definition) is 2. The van der Waals surface area contributed by atoms with Gasteiger partial charge in [-0.1, -0.05) is 40.5 Å². The first-order valence-electron chi connectivity index (χ1n) is 12.2. The molecule has 3 saturated heterocycles. The predicted octanol–water partition coefficient (Wildman–Crippen LogP) is 3.83. The molecule has 0 aromatic rings. The van der Waals surface area contributed by atoms with Crippen molar-refractivity contribution in [3.05, 3.63) is 0 Å². The van der Waals surface area contributed by atoms with Crippen molar-refractivity contribution in [1.82, 2.24) is 20.4 Å². The van der Waals surface area contributed by atoms with E-state index < -0.39 is 0 Å². The zero-order valence-electron chi connectivity index (χ0n) is 19.1. The van der Waals surface area contributed by atoms with E-state index in [-0.39, 0.29) is 0 Å². The Morgan fingerprint density at radius 3 is 2.04 bits per heavy atom. The second kappa shape index (κ2) is 16.8. The van der Waals surface area contributed by atoms with Crippen molar-refractivity contribution in [3.63, 3.8) is 0 Å². The van der Waals surface area contributed by atoms with Gasteiger partial charge in [0.2, 0.25) is 0 Å². The maximum absolute atomic E-state index is 3.45. The highest BCUT2D eigenvalue weighted by atomic mass is 15.2. The fraction of sp³-hybridized carbons (Fsp3) is 1.00. The summed E-state index contributed by atoms with van der Waals surface area (Å²) in [6.45, 7) is 21.4. The first kappa shape index (κ1) is 24.9. The number of nitrogens with one attached hydrogen (secondary N) is 2. The molecule has 1 atom stereocenters. The molecule has 4 nitrogen and oxygen atoms in total. The van der Waals surface area contributed by atoms with Gasteiger partial charge in [0.1, 0.15) is 0 Å². The molecule has 0 aliphatic carbocycles. The molecule has 3 rings (SSSR count). The van der Waals surface area contributed by atoms with Crippen LogP contribution in [0, 0.1) is 11.8 Å². The minimum absolute atomic E-state index is 0.978.